The Labute approximate surface area is 170 Å². The Kier molecular flexibility index (Phi) is 8.45. The van der Waals surface area contributed by atoms with E-state index in [2.05, 4.69) is 10.6 Å². The predicted molar refractivity (Wildman–Crippen MR) is 108 cm³/mol. The number of carbonyl (C=O) groups is 3. The van der Waals surface area contributed by atoms with Crippen LogP contribution in [-0.2, 0) is 19.1 Å². The molecule has 9 heteroatoms. The first-order chi connectivity index (χ1) is 13.4. The molecule has 4 N–H and O–H groups in total. The summed E-state index contributed by atoms with van der Waals surface area (Å²) < 4.78 is 10.3. The van der Waals surface area contributed by atoms with Crippen molar-refractivity contribution in [3.63, 3.8) is 0 Å². The number of ether oxygens (including phenoxy) is 2. The van der Waals surface area contributed by atoms with Crippen LogP contribution in [0.1, 0.15) is 46.6 Å². The summed E-state index contributed by atoms with van der Waals surface area (Å²) in [5, 5.41) is 13.9. The quantitative estimate of drug-likeness (QED) is 0.468. The molecular formula is C20H28N4O5. The molecule has 0 aliphatic heterocycles. The number of hydrogen-bond acceptors (Lipinski definition) is 7. The Balaban J connectivity index is 2.89. The number of rotatable bonds is 7. The minimum absolute atomic E-state index is 0.0865. The predicted octanol–water partition coefficient (Wildman–Crippen LogP) is 2.56. The number of nitriles is 1. The van der Waals surface area contributed by atoms with Gasteiger partial charge in [-0.2, -0.15) is 5.26 Å². The van der Waals surface area contributed by atoms with Gasteiger partial charge in [0.1, 0.15) is 11.6 Å². The normalized spacial score (nSPS) is 11.9. The Morgan fingerprint density at radius 1 is 1.24 bits per heavy atom. The zero-order chi connectivity index (χ0) is 22.2. The molecule has 29 heavy (non-hydrogen) atoms. The van der Waals surface area contributed by atoms with Crippen LogP contribution in [0.5, 0.6) is 0 Å². The first-order valence-electron chi connectivity index (χ1n) is 9.17. The van der Waals surface area contributed by atoms with E-state index in [0.29, 0.717) is 5.56 Å². The lowest BCUT2D eigenvalue weighted by Gasteiger charge is -2.23. The van der Waals surface area contributed by atoms with E-state index in [1.165, 1.54) is 18.2 Å². The average Bonchev–Trinajstić information content (AvgIpc) is 2.59. The molecule has 1 rings (SSSR count). The molecule has 2 amide bonds. The van der Waals surface area contributed by atoms with Crippen LogP contribution in [0, 0.1) is 17.2 Å². The fraction of sp³-hybridized carbons (Fsp3) is 0.500. The number of nitrogen functional groups attached to an aromatic ring is 1. The highest BCUT2D eigenvalue weighted by Gasteiger charge is 2.28. The summed E-state index contributed by atoms with van der Waals surface area (Å²) in [5.74, 6) is -1.25. The largest absolute Gasteiger partial charge is 0.464 e. The van der Waals surface area contributed by atoms with E-state index in [0.717, 1.165) is 0 Å². The van der Waals surface area contributed by atoms with E-state index >= 15 is 0 Å². The fourth-order valence-electron chi connectivity index (χ4n) is 2.11. The van der Waals surface area contributed by atoms with Crippen LogP contribution in [-0.4, -0.2) is 36.2 Å². The van der Waals surface area contributed by atoms with Gasteiger partial charge in [0, 0.05) is 0 Å². The SMILES string of the molecule is CC(C)COC(=O)[C@H](CC(=O)Nc1cc(C#N)ccc1N)NC(=O)OC(C)(C)C. The van der Waals surface area contributed by atoms with E-state index in [4.69, 9.17) is 20.5 Å². The van der Waals surface area contributed by atoms with Crippen LogP contribution in [0.25, 0.3) is 0 Å². The third-order valence-corrected chi connectivity index (χ3v) is 3.38. The molecule has 9 nitrogen and oxygen atoms in total. The number of esters is 1. The second kappa shape index (κ2) is 10.3. The molecule has 158 valence electrons. The second-order valence-corrected chi connectivity index (χ2v) is 7.89. The number of nitrogens with zero attached hydrogens (tertiary/aromatic N) is 1. The van der Waals surface area contributed by atoms with Crippen LogP contribution in [0.15, 0.2) is 18.2 Å². The lowest BCUT2D eigenvalue weighted by molar-refractivity contribution is -0.148. The fourth-order valence-corrected chi connectivity index (χ4v) is 2.11. The number of alkyl carbamates (subject to hydrolysis) is 1. The number of hydrogen-bond donors (Lipinski definition) is 3. The molecule has 1 aromatic rings. The van der Waals surface area contributed by atoms with Crippen LogP contribution in [0.3, 0.4) is 0 Å². The van der Waals surface area contributed by atoms with Gasteiger partial charge in [-0.3, -0.25) is 4.79 Å². The maximum Gasteiger partial charge on any atom is 0.408 e. The maximum atomic E-state index is 12.4. The molecule has 1 atom stereocenters. The monoisotopic (exact) mass is 404 g/mol. The third-order valence-electron chi connectivity index (χ3n) is 3.38. The van der Waals surface area contributed by atoms with Crippen LogP contribution in [0.2, 0.25) is 0 Å². The maximum absolute atomic E-state index is 12.4. The Bertz CT molecular complexity index is 793. The zero-order valence-electron chi connectivity index (χ0n) is 17.4. The third kappa shape index (κ3) is 8.97. The summed E-state index contributed by atoms with van der Waals surface area (Å²) in [5.41, 5.74) is 5.85. The Hall–Kier alpha value is -3.28. The molecule has 0 heterocycles. The van der Waals surface area contributed by atoms with E-state index < -0.39 is 36.0 Å². The average molecular weight is 404 g/mol. The number of nitrogens with one attached hydrogen (secondary N) is 2. The molecule has 0 fully saturated rings. The van der Waals surface area contributed by atoms with E-state index in [1.807, 2.05) is 19.9 Å². The van der Waals surface area contributed by atoms with Gasteiger partial charge in [-0.15, -0.1) is 0 Å². The number of anilines is 2. The van der Waals surface area contributed by atoms with Gasteiger partial charge in [0.25, 0.3) is 0 Å². The van der Waals surface area contributed by atoms with Crippen LogP contribution in [0.4, 0.5) is 16.2 Å². The molecule has 0 bridgehead atoms. The van der Waals surface area contributed by atoms with Crippen LogP contribution < -0.4 is 16.4 Å². The standard InChI is InChI=1S/C20H28N4O5/c1-12(2)11-28-18(26)16(24-19(27)29-20(3,4)5)9-17(25)23-15-8-13(10-21)6-7-14(15)22/h6-8,12,16H,9,11,22H2,1-5H3,(H,23,25)(H,24,27)/t16-/m0/s1. The topological polar surface area (TPSA) is 144 Å². The minimum atomic E-state index is -1.25. The van der Waals surface area contributed by atoms with E-state index in [9.17, 15) is 14.4 Å². The van der Waals surface area contributed by atoms with Gasteiger partial charge < -0.3 is 25.8 Å². The lowest BCUT2D eigenvalue weighted by atomic mass is 10.1. The number of nitrogens with two attached hydrogens (primary N) is 1. The summed E-state index contributed by atoms with van der Waals surface area (Å²) in [6, 6.07) is 5.12. The van der Waals surface area contributed by atoms with Crippen molar-refractivity contribution in [2.45, 2.75) is 52.7 Å². The molecule has 0 unspecified atom stereocenters. The molecule has 0 aliphatic carbocycles. The van der Waals surface area contributed by atoms with Crippen molar-refractivity contribution < 1.29 is 23.9 Å². The van der Waals surface area contributed by atoms with Crippen molar-refractivity contribution in [2.75, 3.05) is 17.7 Å². The lowest BCUT2D eigenvalue weighted by Crippen LogP contribution is -2.46. The van der Waals surface area contributed by atoms with Crippen molar-refractivity contribution in [3.8, 4) is 6.07 Å². The van der Waals surface area contributed by atoms with Gasteiger partial charge in [-0.25, -0.2) is 9.59 Å². The summed E-state index contributed by atoms with van der Waals surface area (Å²) in [6.45, 7) is 8.90. The van der Waals surface area contributed by atoms with Gasteiger partial charge in [0.15, 0.2) is 0 Å². The Morgan fingerprint density at radius 3 is 2.45 bits per heavy atom. The minimum Gasteiger partial charge on any atom is -0.464 e. The van der Waals surface area contributed by atoms with Gasteiger partial charge in [0.2, 0.25) is 5.91 Å². The Morgan fingerprint density at radius 2 is 1.90 bits per heavy atom. The molecular weight excluding hydrogens is 376 g/mol. The molecule has 0 radical (unpaired) electrons. The van der Waals surface area contributed by atoms with Crippen molar-refractivity contribution in [1.29, 1.82) is 5.26 Å². The van der Waals surface area contributed by atoms with E-state index in [1.54, 1.807) is 20.8 Å². The molecule has 1 aromatic carbocycles. The molecule has 0 saturated heterocycles. The van der Waals surface area contributed by atoms with Crippen LogP contribution >= 0.6 is 0 Å². The van der Waals surface area contributed by atoms with Gasteiger partial charge in [-0.05, 0) is 44.9 Å². The highest BCUT2D eigenvalue weighted by atomic mass is 16.6. The second-order valence-electron chi connectivity index (χ2n) is 7.89. The van der Waals surface area contributed by atoms with Gasteiger partial charge >= 0.3 is 12.1 Å². The number of carbonyl (C=O) groups excluding carboxylic acids is 3. The molecule has 0 saturated carbocycles. The first-order valence-corrected chi connectivity index (χ1v) is 9.17. The molecule has 0 spiro atoms. The van der Waals surface area contributed by atoms with Crippen molar-refractivity contribution in [1.82, 2.24) is 5.32 Å². The van der Waals surface area contributed by atoms with E-state index in [-0.39, 0.29) is 23.9 Å². The summed E-state index contributed by atoms with van der Waals surface area (Å²) in [7, 11) is 0. The zero-order valence-corrected chi connectivity index (χ0v) is 17.4. The van der Waals surface area contributed by atoms with Crippen molar-refractivity contribution >= 4 is 29.3 Å². The number of amides is 2. The molecule has 0 aliphatic rings. The van der Waals surface area contributed by atoms with Crippen molar-refractivity contribution in [3.05, 3.63) is 23.8 Å². The smallest absolute Gasteiger partial charge is 0.408 e. The van der Waals surface area contributed by atoms with Gasteiger partial charge in [0.05, 0.1) is 36.0 Å². The van der Waals surface area contributed by atoms with Gasteiger partial charge in [-0.1, -0.05) is 13.8 Å². The highest BCUT2D eigenvalue weighted by molar-refractivity contribution is 5.97. The highest BCUT2D eigenvalue weighted by Crippen LogP contribution is 2.20. The summed E-state index contributed by atoms with van der Waals surface area (Å²) >= 11 is 0. The summed E-state index contributed by atoms with van der Waals surface area (Å²) in [6.07, 6.45) is -1.24. The number of benzene rings is 1. The summed E-state index contributed by atoms with van der Waals surface area (Å²) in [4.78, 5) is 36.9. The molecule has 0 aromatic heterocycles. The van der Waals surface area contributed by atoms with Crippen molar-refractivity contribution in [2.24, 2.45) is 5.92 Å². The first kappa shape index (κ1) is 23.8.